The number of nitrogens with two attached hydrogens (primary N) is 1. The van der Waals surface area contributed by atoms with Gasteiger partial charge in [-0.3, -0.25) is 0 Å². The summed E-state index contributed by atoms with van der Waals surface area (Å²) in [5, 5.41) is -0.139. The van der Waals surface area contributed by atoms with Gasteiger partial charge in [0, 0.05) is 5.94 Å². The highest BCUT2D eigenvalue weighted by Gasteiger charge is 2.71. The first kappa shape index (κ1) is 55.9. The van der Waals surface area contributed by atoms with Crippen molar-refractivity contribution in [3.05, 3.63) is 106 Å². The zero-order chi connectivity index (χ0) is 51.3. The number of aryl methyl sites for hydroxylation is 3. The molecule has 73 heavy (non-hydrogen) atoms. The molecule has 0 spiro atoms. The molecule has 9 saturated carbocycles. The molecule has 0 amide bonds. The largest absolute Gasteiger partial charge is 0.477 e. The van der Waals surface area contributed by atoms with Gasteiger partial charge in [-0.15, -0.1) is 24.0 Å². The third-order valence-electron chi connectivity index (χ3n) is 21.7. The number of hydrogen-bond donors (Lipinski definition) is 1. The predicted molar refractivity (Wildman–Crippen MR) is 303 cm³/mol. The van der Waals surface area contributed by atoms with E-state index in [2.05, 4.69) is 163 Å². The molecule has 0 aromatic heterocycles. The molecule has 3 aromatic carbocycles. The summed E-state index contributed by atoms with van der Waals surface area (Å²) in [7, 11) is -0.622. The Morgan fingerprint density at radius 1 is 0.493 bits per heavy atom. The van der Waals surface area contributed by atoms with Crippen LogP contribution in [0.4, 0.5) is 0 Å². The smallest absolute Gasteiger partial charge is 0.405 e. The van der Waals surface area contributed by atoms with Crippen molar-refractivity contribution in [3.8, 4) is 0 Å². The molecular formula is C61H90B3Cl2NO6. The molecule has 12 heteroatoms. The highest BCUT2D eigenvalue weighted by atomic mass is 35.5. The standard InChI is InChI=1S/C21H31BO2.C20H28BClO2.C20H30BNO2.ClH/c1-6-15-8-7-9-16(11-15)10-14(2)22-23-19-13-17-12-18(20(17,3)4)21(19,5)24-22;2*1-5-13-7-6-8-14(9-13)10-18(22)21-23-17-12-15-11-16(19(15,2)3)20(17,4)24-21;/h7-9,11,14,17-19H,6,10,12-13H2,1-5H3;6-9,15-18H,5,10-12H2,1-4H3;6-9,15-18H,5,10-12,22H2,1-4H3;1H/t14-,17-,18-,19+,21-;15-,16-,17+,18?,20-;15-,16-,17+,18-,20-;/m000./s1. The van der Waals surface area contributed by atoms with Crippen molar-refractivity contribution >= 4 is 45.4 Å². The summed E-state index contributed by atoms with van der Waals surface area (Å²) in [4.78, 5) is 0. The predicted octanol–water partition coefficient (Wildman–Crippen LogP) is 13.4. The first-order valence-electron chi connectivity index (χ1n) is 28.7. The van der Waals surface area contributed by atoms with Gasteiger partial charge in [0.2, 0.25) is 0 Å². The summed E-state index contributed by atoms with van der Waals surface area (Å²) in [6, 6.07) is 26.3. The number of benzene rings is 3. The average molecular weight is 1040 g/mol. The lowest BCUT2D eigenvalue weighted by Gasteiger charge is -2.64. The second-order valence-corrected chi connectivity index (χ2v) is 27.4. The maximum Gasteiger partial charge on any atom is 0.477 e. The van der Waals surface area contributed by atoms with E-state index >= 15 is 0 Å². The van der Waals surface area contributed by atoms with E-state index in [0.29, 0.717) is 45.9 Å². The molecule has 6 bridgehead atoms. The summed E-state index contributed by atoms with van der Waals surface area (Å²) >= 11 is 6.73. The van der Waals surface area contributed by atoms with Crippen molar-refractivity contribution in [3.63, 3.8) is 0 Å². The molecule has 3 saturated heterocycles. The van der Waals surface area contributed by atoms with Gasteiger partial charge in [0.25, 0.3) is 0 Å². The monoisotopic (exact) mass is 1040 g/mol. The van der Waals surface area contributed by atoms with Crippen LogP contribution in [0, 0.1) is 51.8 Å². The normalized spacial score (nSPS) is 37.2. The van der Waals surface area contributed by atoms with E-state index in [4.69, 9.17) is 45.3 Å². The van der Waals surface area contributed by atoms with Gasteiger partial charge in [-0.2, -0.15) is 0 Å². The second kappa shape index (κ2) is 20.8. The van der Waals surface area contributed by atoms with Crippen LogP contribution >= 0.6 is 24.0 Å². The molecule has 12 fully saturated rings. The van der Waals surface area contributed by atoms with Crippen molar-refractivity contribution in [2.24, 2.45) is 57.5 Å². The van der Waals surface area contributed by atoms with Crippen molar-refractivity contribution < 1.29 is 27.9 Å². The number of halogens is 2. The Kier molecular flexibility index (Phi) is 15.9. The third kappa shape index (κ3) is 9.93. The molecule has 0 radical (unpaired) electrons. The quantitative estimate of drug-likeness (QED) is 0.143. The number of hydrogen-bond acceptors (Lipinski definition) is 7. The molecular weight excluding hydrogens is 946 g/mol. The Balaban J connectivity index is 0.000000134. The van der Waals surface area contributed by atoms with E-state index < -0.39 is 0 Å². The van der Waals surface area contributed by atoms with Gasteiger partial charge < -0.3 is 33.7 Å². The van der Waals surface area contributed by atoms with Gasteiger partial charge in [0.05, 0.1) is 40.4 Å². The molecule has 15 atom stereocenters. The van der Waals surface area contributed by atoms with E-state index in [9.17, 15) is 0 Å². The van der Waals surface area contributed by atoms with Crippen LogP contribution in [0.3, 0.4) is 0 Å². The lowest BCUT2D eigenvalue weighted by Crippen LogP contribution is -2.65. The van der Waals surface area contributed by atoms with Crippen LogP contribution in [0.2, 0.25) is 5.82 Å². The molecule has 3 aromatic rings. The summed E-state index contributed by atoms with van der Waals surface area (Å²) in [5.74, 6) is 4.48. The van der Waals surface area contributed by atoms with Crippen molar-refractivity contribution in [1.29, 1.82) is 0 Å². The van der Waals surface area contributed by atoms with E-state index in [1.165, 1.54) is 59.1 Å². The first-order valence-corrected chi connectivity index (χ1v) is 29.1. The summed E-state index contributed by atoms with van der Waals surface area (Å²) in [6.07, 6.45) is 13.8. The molecule has 7 nitrogen and oxygen atoms in total. The van der Waals surface area contributed by atoms with Crippen LogP contribution in [0.5, 0.6) is 0 Å². The van der Waals surface area contributed by atoms with Crippen molar-refractivity contribution in [1.82, 2.24) is 0 Å². The fourth-order valence-electron chi connectivity index (χ4n) is 16.4. The first-order chi connectivity index (χ1) is 34.0. The summed E-state index contributed by atoms with van der Waals surface area (Å²) in [6.45, 7) is 30.1. The van der Waals surface area contributed by atoms with Crippen LogP contribution in [-0.2, 0) is 66.5 Å². The Bertz CT molecular complexity index is 2160. The fourth-order valence-corrected chi connectivity index (χ4v) is 16.7. The molecule has 398 valence electrons. The molecule has 12 aliphatic rings. The van der Waals surface area contributed by atoms with Crippen molar-refractivity contribution in [2.45, 2.75) is 219 Å². The molecule has 3 heterocycles. The van der Waals surface area contributed by atoms with Gasteiger partial charge in [-0.05, 0) is 189 Å². The van der Waals surface area contributed by atoms with Crippen LogP contribution < -0.4 is 5.73 Å². The van der Waals surface area contributed by atoms with Crippen LogP contribution in [0.25, 0.3) is 0 Å². The summed E-state index contributed by atoms with van der Waals surface area (Å²) in [5.41, 5.74) is 15.3. The molecule has 3 aliphatic heterocycles. The van der Waals surface area contributed by atoms with Crippen LogP contribution in [0.15, 0.2) is 72.8 Å². The molecule has 1 unspecified atom stereocenters. The van der Waals surface area contributed by atoms with Gasteiger partial charge in [-0.25, -0.2) is 0 Å². The van der Waals surface area contributed by atoms with Crippen LogP contribution in [-0.4, -0.2) is 67.7 Å². The van der Waals surface area contributed by atoms with E-state index in [1.54, 1.807) is 0 Å². The summed E-state index contributed by atoms with van der Waals surface area (Å²) < 4.78 is 38.6. The third-order valence-corrected chi connectivity index (χ3v) is 22.0. The highest BCUT2D eigenvalue weighted by molar-refractivity contribution is 6.60. The minimum atomic E-state index is -0.290. The maximum absolute atomic E-state index is 6.73. The van der Waals surface area contributed by atoms with E-state index in [0.717, 1.165) is 69.1 Å². The van der Waals surface area contributed by atoms with E-state index in [1.807, 2.05) is 0 Å². The van der Waals surface area contributed by atoms with Gasteiger partial charge in [0.1, 0.15) is 0 Å². The minimum absolute atomic E-state index is 0. The number of rotatable bonds is 12. The zero-order valence-corrected chi connectivity index (χ0v) is 48.5. The van der Waals surface area contributed by atoms with Gasteiger partial charge in [-0.1, -0.05) is 142 Å². The van der Waals surface area contributed by atoms with E-state index in [-0.39, 0.29) is 74.0 Å². The maximum atomic E-state index is 6.73. The Labute approximate surface area is 453 Å². The van der Waals surface area contributed by atoms with Gasteiger partial charge >= 0.3 is 21.4 Å². The second-order valence-electron chi connectivity index (χ2n) is 26.8. The molecule has 15 rings (SSSR count). The zero-order valence-electron chi connectivity index (χ0n) is 46.9. The highest BCUT2D eigenvalue weighted by Crippen LogP contribution is 2.68. The lowest BCUT2D eigenvalue weighted by molar-refractivity contribution is -0.199. The molecule has 9 aliphatic carbocycles. The SMILES string of the molecule is CCc1cccc(CC(Cl)B2O[C@@H]3C[C@@H]4C[C@@H](C4(C)C)[C@]3(C)O2)c1.CCc1cccc(C[C@H](C)B2O[C@@H]3C[C@@H]4C[C@@H](C4(C)C)[C@]3(C)O2)c1.CCc1cccc(C[C@H](N)B2O[C@@H]3C[C@@H]4C[C@@H](C4(C)C)[C@]3(C)O2)c1.Cl. The molecule has 2 N–H and O–H groups in total. The Morgan fingerprint density at radius 2 is 0.822 bits per heavy atom. The topological polar surface area (TPSA) is 81.4 Å². The minimum Gasteiger partial charge on any atom is -0.405 e. The van der Waals surface area contributed by atoms with Crippen LogP contribution in [0.1, 0.15) is 162 Å². The van der Waals surface area contributed by atoms with Gasteiger partial charge in [0.15, 0.2) is 0 Å². The number of alkyl halides is 1. The average Bonchev–Trinajstić information content (AvgIpc) is 4.04. The lowest BCUT2D eigenvalue weighted by atomic mass is 9.43. The Morgan fingerprint density at radius 3 is 1.22 bits per heavy atom. The Hall–Kier alpha value is -1.85. The van der Waals surface area contributed by atoms with Crippen molar-refractivity contribution in [2.75, 3.05) is 0 Å². The fraction of sp³-hybridized carbons (Fsp3) is 0.705.